The largest absolute Gasteiger partial charge is 0.259 e. The maximum absolute atomic E-state index is 4.34. The van der Waals surface area contributed by atoms with Gasteiger partial charge in [0.25, 0.3) is 0 Å². The van der Waals surface area contributed by atoms with Crippen molar-refractivity contribution in [1.82, 2.24) is 20.0 Å². The van der Waals surface area contributed by atoms with Gasteiger partial charge in [0.1, 0.15) is 9.39 Å². The van der Waals surface area contributed by atoms with E-state index >= 15 is 0 Å². The summed E-state index contributed by atoms with van der Waals surface area (Å²) in [6, 6.07) is 5.93. The minimum Gasteiger partial charge on any atom is -0.259 e. The van der Waals surface area contributed by atoms with Gasteiger partial charge in [-0.05, 0) is 66.0 Å². The van der Waals surface area contributed by atoms with Gasteiger partial charge in [-0.25, -0.2) is 4.68 Å². The highest BCUT2D eigenvalue weighted by Gasteiger charge is 2.16. The van der Waals surface area contributed by atoms with E-state index < -0.39 is 0 Å². The van der Waals surface area contributed by atoms with Crippen molar-refractivity contribution in [1.29, 1.82) is 0 Å². The summed E-state index contributed by atoms with van der Waals surface area (Å²) in [5.74, 6) is 0. The van der Waals surface area contributed by atoms with Crippen LogP contribution in [0.1, 0.15) is 37.1 Å². The zero-order chi connectivity index (χ0) is 13.1. The van der Waals surface area contributed by atoms with Crippen LogP contribution < -0.4 is 0 Å². The van der Waals surface area contributed by atoms with Crippen LogP contribution in [0.4, 0.5) is 0 Å². The molecule has 0 aliphatic heterocycles. The third-order valence-corrected chi connectivity index (χ3v) is 4.38. The van der Waals surface area contributed by atoms with Crippen molar-refractivity contribution in [3.05, 3.63) is 45.6 Å². The van der Waals surface area contributed by atoms with Gasteiger partial charge in [-0.2, -0.15) is 0 Å². The number of hydrogen-bond donors (Lipinski definition) is 0. The van der Waals surface area contributed by atoms with Crippen molar-refractivity contribution < 1.29 is 0 Å². The average molecular weight is 366 g/mol. The van der Waals surface area contributed by atoms with Crippen LogP contribution >= 0.6 is 22.6 Å². The SMILES string of the molecule is Ic1c(C2=CCCCC2)nnn1Cc1ccccn1. The Morgan fingerprint density at radius 3 is 2.95 bits per heavy atom. The first-order chi connectivity index (χ1) is 9.34. The molecular formula is C14H15IN4. The molecule has 0 saturated heterocycles. The summed E-state index contributed by atoms with van der Waals surface area (Å²) in [5.41, 5.74) is 3.41. The second-order valence-electron chi connectivity index (χ2n) is 4.68. The van der Waals surface area contributed by atoms with E-state index in [0.29, 0.717) is 6.54 Å². The summed E-state index contributed by atoms with van der Waals surface area (Å²) in [6.07, 6.45) is 8.96. The predicted octanol–water partition coefficient (Wildman–Crippen LogP) is 3.28. The van der Waals surface area contributed by atoms with Crippen LogP contribution in [0.15, 0.2) is 30.5 Å². The molecule has 2 aromatic heterocycles. The lowest BCUT2D eigenvalue weighted by Crippen LogP contribution is -2.05. The van der Waals surface area contributed by atoms with E-state index in [-0.39, 0.29) is 0 Å². The molecule has 1 aliphatic carbocycles. The quantitative estimate of drug-likeness (QED) is 0.784. The van der Waals surface area contributed by atoms with Gasteiger partial charge in [0.15, 0.2) is 0 Å². The Bertz CT molecular complexity index is 589. The van der Waals surface area contributed by atoms with E-state index in [1.165, 1.54) is 24.8 Å². The van der Waals surface area contributed by atoms with Crippen LogP contribution in [0.5, 0.6) is 0 Å². The molecule has 0 N–H and O–H groups in total. The molecule has 2 heterocycles. The summed E-state index contributed by atoms with van der Waals surface area (Å²) in [7, 11) is 0. The lowest BCUT2D eigenvalue weighted by molar-refractivity contribution is 0.626. The van der Waals surface area contributed by atoms with Gasteiger partial charge in [0.2, 0.25) is 0 Å². The van der Waals surface area contributed by atoms with Crippen molar-refractivity contribution in [2.24, 2.45) is 0 Å². The maximum Gasteiger partial charge on any atom is 0.127 e. The highest BCUT2D eigenvalue weighted by Crippen LogP contribution is 2.28. The van der Waals surface area contributed by atoms with Gasteiger partial charge >= 0.3 is 0 Å². The van der Waals surface area contributed by atoms with E-state index in [1.54, 1.807) is 0 Å². The Kier molecular flexibility index (Phi) is 3.91. The fourth-order valence-electron chi connectivity index (χ4n) is 2.30. The molecular weight excluding hydrogens is 351 g/mol. The van der Waals surface area contributed by atoms with Gasteiger partial charge in [0.05, 0.1) is 12.2 Å². The molecule has 0 amide bonds. The minimum atomic E-state index is 0.680. The van der Waals surface area contributed by atoms with Crippen molar-refractivity contribution in [3.8, 4) is 0 Å². The third kappa shape index (κ3) is 2.86. The number of hydrogen-bond acceptors (Lipinski definition) is 3. The molecule has 19 heavy (non-hydrogen) atoms. The number of pyridine rings is 1. The van der Waals surface area contributed by atoms with E-state index in [2.05, 4.69) is 44.0 Å². The minimum absolute atomic E-state index is 0.680. The van der Waals surface area contributed by atoms with Crippen molar-refractivity contribution in [2.75, 3.05) is 0 Å². The van der Waals surface area contributed by atoms with Gasteiger partial charge in [-0.3, -0.25) is 4.98 Å². The van der Waals surface area contributed by atoms with E-state index in [0.717, 1.165) is 21.5 Å². The van der Waals surface area contributed by atoms with Crippen LogP contribution in [0.25, 0.3) is 5.57 Å². The molecule has 98 valence electrons. The molecule has 0 atom stereocenters. The second kappa shape index (κ2) is 5.81. The molecule has 0 aromatic carbocycles. The lowest BCUT2D eigenvalue weighted by Gasteiger charge is -2.10. The molecule has 0 spiro atoms. The molecule has 1 aliphatic rings. The van der Waals surface area contributed by atoms with Crippen molar-refractivity contribution in [3.63, 3.8) is 0 Å². The molecule has 3 rings (SSSR count). The topological polar surface area (TPSA) is 43.6 Å². The Morgan fingerprint density at radius 1 is 1.26 bits per heavy atom. The first-order valence-electron chi connectivity index (χ1n) is 6.53. The van der Waals surface area contributed by atoms with Crippen LogP contribution in [-0.4, -0.2) is 20.0 Å². The Balaban J connectivity index is 1.85. The Morgan fingerprint density at radius 2 is 2.21 bits per heavy atom. The van der Waals surface area contributed by atoms with Gasteiger partial charge in [-0.1, -0.05) is 17.4 Å². The zero-order valence-electron chi connectivity index (χ0n) is 10.6. The summed E-state index contributed by atoms with van der Waals surface area (Å²) >= 11 is 2.33. The average Bonchev–Trinajstić information content (AvgIpc) is 2.82. The Labute approximate surface area is 126 Å². The molecule has 0 saturated carbocycles. The fraction of sp³-hybridized carbons (Fsp3) is 0.357. The smallest absolute Gasteiger partial charge is 0.127 e. The molecule has 5 heteroatoms. The van der Waals surface area contributed by atoms with Crippen LogP contribution in [0.2, 0.25) is 0 Å². The Hall–Kier alpha value is -1.24. The summed E-state index contributed by atoms with van der Waals surface area (Å²) in [4.78, 5) is 4.33. The number of rotatable bonds is 3. The van der Waals surface area contributed by atoms with E-state index in [1.807, 2.05) is 29.1 Å². The molecule has 0 unspecified atom stereocenters. The zero-order valence-corrected chi connectivity index (χ0v) is 12.7. The number of allylic oxidation sites excluding steroid dienone is 2. The van der Waals surface area contributed by atoms with Crippen molar-refractivity contribution in [2.45, 2.75) is 32.2 Å². The van der Waals surface area contributed by atoms with Gasteiger partial charge in [-0.15, -0.1) is 5.10 Å². The third-order valence-electron chi connectivity index (χ3n) is 3.31. The first kappa shape index (κ1) is 12.8. The van der Waals surface area contributed by atoms with Crippen LogP contribution in [0.3, 0.4) is 0 Å². The monoisotopic (exact) mass is 366 g/mol. The molecule has 0 fully saturated rings. The van der Waals surface area contributed by atoms with Crippen LogP contribution in [0, 0.1) is 3.70 Å². The first-order valence-corrected chi connectivity index (χ1v) is 7.61. The number of aromatic nitrogens is 4. The summed E-state index contributed by atoms with van der Waals surface area (Å²) in [5, 5.41) is 8.61. The fourth-order valence-corrected chi connectivity index (χ4v) is 3.02. The number of nitrogens with zero attached hydrogens (tertiary/aromatic N) is 4. The summed E-state index contributed by atoms with van der Waals surface area (Å²) < 4.78 is 3.03. The lowest BCUT2D eigenvalue weighted by atomic mass is 9.98. The van der Waals surface area contributed by atoms with Crippen LogP contribution in [-0.2, 0) is 6.54 Å². The second-order valence-corrected chi connectivity index (χ2v) is 5.70. The van der Waals surface area contributed by atoms with Crippen molar-refractivity contribution >= 4 is 28.2 Å². The predicted molar refractivity (Wildman–Crippen MR) is 82.5 cm³/mol. The molecule has 2 aromatic rings. The molecule has 4 nitrogen and oxygen atoms in total. The van der Waals surface area contributed by atoms with E-state index in [4.69, 9.17) is 0 Å². The normalized spacial score (nSPS) is 15.3. The molecule has 0 bridgehead atoms. The van der Waals surface area contributed by atoms with Gasteiger partial charge < -0.3 is 0 Å². The standard InChI is InChI=1S/C14H15IN4/c15-14-13(11-6-2-1-3-7-11)17-18-19(14)10-12-8-4-5-9-16-12/h4-6,8-9H,1-3,7,10H2. The highest BCUT2D eigenvalue weighted by molar-refractivity contribution is 14.1. The highest BCUT2D eigenvalue weighted by atomic mass is 127. The number of halogens is 1. The maximum atomic E-state index is 4.34. The van der Waals surface area contributed by atoms with E-state index in [9.17, 15) is 0 Å². The summed E-state index contributed by atoms with van der Waals surface area (Å²) in [6.45, 7) is 0.680. The molecule has 0 radical (unpaired) electrons. The van der Waals surface area contributed by atoms with Gasteiger partial charge in [0, 0.05) is 6.20 Å².